The Labute approximate surface area is 145 Å². The Balaban J connectivity index is 2.31. The van der Waals surface area contributed by atoms with Crippen LogP contribution in [-0.2, 0) is 6.18 Å². The van der Waals surface area contributed by atoms with Crippen LogP contribution in [0.15, 0.2) is 24.3 Å². The van der Waals surface area contributed by atoms with Crippen LogP contribution in [-0.4, -0.2) is 27.3 Å². The van der Waals surface area contributed by atoms with E-state index in [4.69, 9.17) is 4.74 Å². The number of rotatable bonds is 5. The van der Waals surface area contributed by atoms with Crippen LogP contribution in [0.4, 0.5) is 23.7 Å². The van der Waals surface area contributed by atoms with E-state index in [-0.39, 0.29) is 5.88 Å². The number of halogens is 3. The summed E-state index contributed by atoms with van der Waals surface area (Å²) in [7, 11) is 0. The maximum absolute atomic E-state index is 12.7. The molecule has 0 aliphatic heterocycles. The molecule has 0 saturated heterocycles. The fourth-order valence-corrected chi connectivity index (χ4v) is 2.04. The fraction of sp³-hybridized carbons (Fsp3) is 0.333. The number of nitrogens with zero attached hydrogens (tertiary/aromatic N) is 3. The number of carbonyl (C=O) groups is 1. The van der Waals surface area contributed by atoms with Gasteiger partial charge in [-0.2, -0.15) is 17.9 Å². The van der Waals surface area contributed by atoms with E-state index < -0.39 is 34.1 Å². The van der Waals surface area contributed by atoms with Crippen molar-refractivity contribution in [2.45, 2.75) is 26.4 Å². The van der Waals surface area contributed by atoms with Crippen molar-refractivity contribution in [1.82, 2.24) is 15.1 Å². The van der Waals surface area contributed by atoms with Gasteiger partial charge in [0.2, 0.25) is 11.6 Å². The zero-order chi connectivity index (χ0) is 19.5. The molecule has 0 atom stereocenters. The summed E-state index contributed by atoms with van der Waals surface area (Å²) >= 11 is 0. The molecule has 11 heteroatoms. The number of benzene rings is 1. The van der Waals surface area contributed by atoms with E-state index in [2.05, 4.69) is 10.4 Å². The molecule has 0 spiro atoms. The summed E-state index contributed by atoms with van der Waals surface area (Å²) in [5.74, 6) is -0.571. The number of nitrogens with one attached hydrogen (secondary N) is 1. The van der Waals surface area contributed by atoms with Crippen LogP contribution in [0.25, 0.3) is 0 Å². The average Bonchev–Trinajstić information content (AvgIpc) is 2.92. The third-order valence-electron chi connectivity index (χ3n) is 3.28. The molecule has 0 aliphatic rings. The van der Waals surface area contributed by atoms with Gasteiger partial charge in [0, 0.05) is 18.7 Å². The minimum absolute atomic E-state index is 0.156. The van der Waals surface area contributed by atoms with Gasteiger partial charge >= 0.3 is 17.9 Å². The van der Waals surface area contributed by atoms with E-state index in [9.17, 15) is 28.1 Å². The van der Waals surface area contributed by atoms with Gasteiger partial charge in [-0.3, -0.25) is 10.1 Å². The summed E-state index contributed by atoms with van der Waals surface area (Å²) < 4.78 is 44.4. The van der Waals surface area contributed by atoms with Crippen molar-refractivity contribution in [2.24, 2.45) is 0 Å². The Morgan fingerprint density at radius 1 is 1.38 bits per heavy atom. The highest BCUT2D eigenvalue weighted by atomic mass is 19.4. The molecule has 0 radical (unpaired) electrons. The van der Waals surface area contributed by atoms with Gasteiger partial charge in [-0.15, -0.1) is 5.10 Å². The first-order valence-corrected chi connectivity index (χ1v) is 7.51. The molecule has 1 aromatic heterocycles. The van der Waals surface area contributed by atoms with Crippen LogP contribution in [0.5, 0.6) is 11.6 Å². The van der Waals surface area contributed by atoms with Gasteiger partial charge in [-0.1, -0.05) is 6.92 Å². The lowest BCUT2D eigenvalue weighted by Gasteiger charge is -2.08. The average molecular weight is 372 g/mol. The number of ether oxygens (including phenoxy) is 1. The highest BCUT2D eigenvalue weighted by Crippen LogP contribution is 2.37. The van der Waals surface area contributed by atoms with Crippen molar-refractivity contribution >= 4 is 11.7 Å². The largest absolute Gasteiger partial charge is 0.430 e. The predicted octanol–water partition coefficient (Wildman–Crippen LogP) is 3.88. The molecule has 2 aromatic rings. The van der Waals surface area contributed by atoms with Crippen molar-refractivity contribution in [2.75, 3.05) is 6.54 Å². The second kappa shape index (κ2) is 7.42. The Morgan fingerprint density at radius 2 is 2.08 bits per heavy atom. The van der Waals surface area contributed by atoms with Gasteiger partial charge in [0.1, 0.15) is 0 Å². The van der Waals surface area contributed by atoms with E-state index in [1.54, 1.807) is 6.92 Å². The molecule has 0 unspecified atom stereocenters. The number of amides is 1. The van der Waals surface area contributed by atoms with Gasteiger partial charge in [0.25, 0.3) is 0 Å². The number of aromatic nitrogens is 2. The Bertz CT molecular complexity index is 833. The standard InChI is InChI=1S/C15H15F3N4O4/c1-3-6-19-14(23)21-9(2)7-13(20-21)26-12-5-4-10(15(16,17)18)8-11(12)22(24)25/h4-5,7-8H,3,6H2,1-2H3,(H,19,23). The molecule has 0 fully saturated rings. The lowest BCUT2D eigenvalue weighted by atomic mass is 10.2. The van der Waals surface area contributed by atoms with Gasteiger partial charge in [-0.05, 0) is 25.5 Å². The maximum Gasteiger partial charge on any atom is 0.416 e. The van der Waals surface area contributed by atoms with Crippen LogP contribution >= 0.6 is 0 Å². The highest BCUT2D eigenvalue weighted by Gasteiger charge is 2.33. The predicted molar refractivity (Wildman–Crippen MR) is 84.2 cm³/mol. The molecule has 26 heavy (non-hydrogen) atoms. The van der Waals surface area contributed by atoms with Gasteiger partial charge in [-0.25, -0.2) is 4.79 Å². The molecule has 8 nitrogen and oxygen atoms in total. The highest BCUT2D eigenvalue weighted by molar-refractivity contribution is 5.76. The van der Waals surface area contributed by atoms with Crippen LogP contribution in [0, 0.1) is 17.0 Å². The van der Waals surface area contributed by atoms with Crippen molar-refractivity contribution in [3.05, 3.63) is 45.6 Å². The first-order chi connectivity index (χ1) is 12.1. The molecule has 140 valence electrons. The summed E-state index contributed by atoms with van der Waals surface area (Å²) in [5, 5.41) is 17.5. The zero-order valence-corrected chi connectivity index (χ0v) is 13.8. The quantitative estimate of drug-likeness (QED) is 0.634. The van der Waals surface area contributed by atoms with E-state index in [1.165, 1.54) is 6.07 Å². The van der Waals surface area contributed by atoms with Gasteiger partial charge < -0.3 is 10.1 Å². The Hall–Kier alpha value is -3.11. The summed E-state index contributed by atoms with van der Waals surface area (Å²) in [6, 6.07) is 2.72. The minimum Gasteiger partial charge on any atom is -0.430 e. The number of nitro benzene ring substituents is 1. The molecule has 1 aromatic carbocycles. The minimum atomic E-state index is -4.72. The SMILES string of the molecule is CCCNC(=O)n1nc(Oc2ccc(C(F)(F)F)cc2[N+](=O)[O-])cc1C. The number of hydrogen-bond donors (Lipinski definition) is 1. The Kier molecular flexibility index (Phi) is 5.48. The lowest BCUT2D eigenvalue weighted by Crippen LogP contribution is -2.30. The molecule has 0 saturated carbocycles. The number of alkyl halides is 3. The maximum atomic E-state index is 12.7. The number of carbonyl (C=O) groups excluding carboxylic acids is 1. The van der Waals surface area contributed by atoms with E-state index in [0.717, 1.165) is 10.7 Å². The van der Waals surface area contributed by atoms with Crippen molar-refractivity contribution in [3.8, 4) is 11.6 Å². The summed E-state index contributed by atoms with van der Waals surface area (Å²) in [6.07, 6.45) is -4.01. The van der Waals surface area contributed by atoms with E-state index >= 15 is 0 Å². The fourth-order valence-electron chi connectivity index (χ4n) is 2.04. The molecule has 2 rings (SSSR count). The normalized spacial score (nSPS) is 11.3. The number of aryl methyl sites for hydroxylation is 1. The number of nitro groups is 1. The summed E-state index contributed by atoms with van der Waals surface area (Å²) in [6.45, 7) is 3.86. The van der Waals surface area contributed by atoms with Crippen molar-refractivity contribution in [1.29, 1.82) is 0 Å². The number of hydrogen-bond acceptors (Lipinski definition) is 5. The topological polar surface area (TPSA) is 99.3 Å². The second-order valence-electron chi connectivity index (χ2n) is 5.31. The van der Waals surface area contributed by atoms with Crippen molar-refractivity contribution in [3.63, 3.8) is 0 Å². The molecular weight excluding hydrogens is 357 g/mol. The monoisotopic (exact) mass is 372 g/mol. The molecule has 0 aliphatic carbocycles. The van der Waals surface area contributed by atoms with Crippen LogP contribution in [0.1, 0.15) is 24.6 Å². The lowest BCUT2D eigenvalue weighted by molar-refractivity contribution is -0.385. The molecule has 1 amide bonds. The first-order valence-electron chi connectivity index (χ1n) is 7.51. The van der Waals surface area contributed by atoms with Crippen molar-refractivity contribution < 1.29 is 27.6 Å². The van der Waals surface area contributed by atoms with Crippen LogP contribution in [0.3, 0.4) is 0 Å². The molecular formula is C15H15F3N4O4. The Morgan fingerprint density at radius 3 is 2.65 bits per heavy atom. The second-order valence-corrected chi connectivity index (χ2v) is 5.31. The summed E-state index contributed by atoms with van der Waals surface area (Å²) in [4.78, 5) is 22.0. The third-order valence-corrected chi connectivity index (χ3v) is 3.28. The van der Waals surface area contributed by atoms with Crippen LogP contribution < -0.4 is 10.1 Å². The van der Waals surface area contributed by atoms with Gasteiger partial charge in [0.05, 0.1) is 16.2 Å². The zero-order valence-electron chi connectivity index (χ0n) is 13.8. The smallest absolute Gasteiger partial charge is 0.416 e. The van der Waals surface area contributed by atoms with Crippen LogP contribution in [0.2, 0.25) is 0 Å². The van der Waals surface area contributed by atoms with E-state index in [1.807, 2.05) is 6.92 Å². The van der Waals surface area contributed by atoms with E-state index in [0.29, 0.717) is 30.8 Å². The summed E-state index contributed by atoms with van der Waals surface area (Å²) in [5.41, 5.74) is -1.64. The first kappa shape index (κ1) is 19.2. The molecule has 0 bridgehead atoms. The van der Waals surface area contributed by atoms with Gasteiger partial charge in [0.15, 0.2) is 0 Å². The molecule has 1 heterocycles. The third kappa shape index (κ3) is 4.29. The molecule has 1 N–H and O–H groups in total.